The molecule has 0 aromatic heterocycles. The first kappa shape index (κ1) is 21.8. The minimum Gasteiger partial charge on any atom is -0.372 e. The van der Waals surface area contributed by atoms with E-state index in [1.54, 1.807) is 12.1 Å². The van der Waals surface area contributed by atoms with Crippen molar-refractivity contribution in [2.75, 3.05) is 36.4 Å². The van der Waals surface area contributed by atoms with Crippen LogP contribution in [-0.2, 0) is 10.0 Å². The Bertz CT molecular complexity index is 1040. The fourth-order valence-corrected chi connectivity index (χ4v) is 5.85. The molecule has 0 aliphatic carbocycles. The molecule has 6 nitrogen and oxygen atoms in total. The van der Waals surface area contributed by atoms with Gasteiger partial charge in [0.2, 0.25) is 10.0 Å². The third-order valence-electron chi connectivity index (χ3n) is 6.43. The molecule has 2 fully saturated rings. The van der Waals surface area contributed by atoms with Gasteiger partial charge in [-0.15, -0.1) is 0 Å². The van der Waals surface area contributed by atoms with Gasteiger partial charge in [0, 0.05) is 43.1 Å². The molecule has 4 rings (SSSR count). The van der Waals surface area contributed by atoms with E-state index in [2.05, 4.69) is 17.1 Å². The van der Waals surface area contributed by atoms with Crippen LogP contribution < -0.4 is 10.2 Å². The molecule has 1 amide bonds. The topological polar surface area (TPSA) is 69.7 Å². The number of carbonyl (C=O) groups excluding carboxylic acids is 1. The van der Waals surface area contributed by atoms with E-state index in [-0.39, 0.29) is 10.8 Å². The number of nitrogens with zero attached hydrogens (tertiary/aromatic N) is 2. The largest absolute Gasteiger partial charge is 0.372 e. The first-order chi connectivity index (χ1) is 14.8. The first-order valence-electron chi connectivity index (χ1n) is 11.1. The van der Waals surface area contributed by atoms with E-state index in [9.17, 15) is 13.2 Å². The average Bonchev–Trinajstić information content (AvgIpc) is 3.31. The number of carbonyl (C=O) groups is 1. The Kier molecular flexibility index (Phi) is 6.34. The number of hydrogen-bond acceptors (Lipinski definition) is 4. The maximum atomic E-state index is 12.9. The number of aryl methyl sites for hydroxylation is 1. The van der Waals surface area contributed by atoms with Crippen LogP contribution in [0, 0.1) is 12.8 Å². The maximum Gasteiger partial charge on any atom is 0.255 e. The molecule has 2 aliphatic rings. The third kappa shape index (κ3) is 4.77. The fourth-order valence-electron chi connectivity index (χ4n) is 4.30. The van der Waals surface area contributed by atoms with Crippen molar-refractivity contribution in [3.8, 4) is 0 Å². The zero-order valence-electron chi connectivity index (χ0n) is 18.3. The minimum absolute atomic E-state index is 0.180. The molecule has 2 heterocycles. The van der Waals surface area contributed by atoms with Gasteiger partial charge in [0.05, 0.1) is 4.90 Å². The van der Waals surface area contributed by atoms with Crippen molar-refractivity contribution in [3.63, 3.8) is 0 Å². The Balaban J connectivity index is 1.48. The molecule has 31 heavy (non-hydrogen) atoms. The minimum atomic E-state index is -3.56. The summed E-state index contributed by atoms with van der Waals surface area (Å²) in [5.74, 6) is 0.485. The van der Waals surface area contributed by atoms with Crippen molar-refractivity contribution in [2.45, 2.75) is 44.4 Å². The van der Waals surface area contributed by atoms with E-state index < -0.39 is 10.0 Å². The summed E-state index contributed by atoms with van der Waals surface area (Å²) in [6.07, 6.45) is 4.17. The number of benzene rings is 2. The van der Waals surface area contributed by atoms with E-state index in [1.807, 2.05) is 31.2 Å². The summed E-state index contributed by atoms with van der Waals surface area (Å²) in [4.78, 5) is 15.5. The van der Waals surface area contributed by atoms with E-state index >= 15 is 0 Å². The van der Waals surface area contributed by atoms with Gasteiger partial charge in [0.25, 0.3) is 5.91 Å². The summed E-state index contributed by atoms with van der Waals surface area (Å²) in [6.45, 7) is 7.32. The van der Waals surface area contributed by atoms with E-state index in [4.69, 9.17) is 0 Å². The van der Waals surface area contributed by atoms with Crippen LogP contribution in [0.4, 0.5) is 11.4 Å². The van der Waals surface area contributed by atoms with Gasteiger partial charge in [-0.1, -0.05) is 13.0 Å². The normalized spacial score (nSPS) is 18.3. The van der Waals surface area contributed by atoms with Crippen molar-refractivity contribution in [3.05, 3.63) is 53.6 Å². The van der Waals surface area contributed by atoms with Gasteiger partial charge in [0.15, 0.2) is 0 Å². The predicted molar refractivity (Wildman–Crippen MR) is 124 cm³/mol. The van der Waals surface area contributed by atoms with Crippen LogP contribution in [0.15, 0.2) is 47.4 Å². The Morgan fingerprint density at radius 1 is 0.968 bits per heavy atom. The van der Waals surface area contributed by atoms with Crippen LogP contribution in [0.1, 0.15) is 48.5 Å². The summed E-state index contributed by atoms with van der Waals surface area (Å²) in [7, 11) is -3.56. The molecule has 2 aromatic rings. The van der Waals surface area contributed by atoms with Crippen molar-refractivity contribution in [2.24, 2.45) is 5.92 Å². The standard InChI is InChI=1S/C24H31N3O3S/c1-18-11-15-26(16-12-18)21-8-6-20(7-9-21)25-24(28)23-17-22(10-5-19(23)2)31(29,30)27-13-3-4-14-27/h5-10,17-18H,3-4,11-16H2,1-2H3,(H,25,28). The Morgan fingerprint density at radius 2 is 1.61 bits per heavy atom. The molecular formula is C24H31N3O3S. The highest BCUT2D eigenvalue weighted by molar-refractivity contribution is 7.89. The highest BCUT2D eigenvalue weighted by atomic mass is 32.2. The molecule has 0 radical (unpaired) electrons. The second-order valence-corrected chi connectivity index (χ2v) is 10.7. The van der Waals surface area contributed by atoms with Gasteiger partial charge in [-0.25, -0.2) is 8.42 Å². The van der Waals surface area contributed by atoms with Crippen LogP contribution >= 0.6 is 0 Å². The third-order valence-corrected chi connectivity index (χ3v) is 8.33. The molecule has 2 aromatic carbocycles. The van der Waals surface area contributed by atoms with Gasteiger partial charge < -0.3 is 10.2 Å². The Hall–Kier alpha value is -2.38. The summed E-state index contributed by atoms with van der Waals surface area (Å²) >= 11 is 0. The summed E-state index contributed by atoms with van der Waals surface area (Å²) in [5, 5.41) is 2.92. The Labute approximate surface area is 185 Å². The highest BCUT2D eigenvalue weighted by Crippen LogP contribution is 2.26. The lowest BCUT2D eigenvalue weighted by molar-refractivity contribution is 0.102. The molecule has 0 saturated carbocycles. The molecule has 0 bridgehead atoms. The summed E-state index contributed by atoms with van der Waals surface area (Å²) < 4.78 is 27.3. The number of sulfonamides is 1. The monoisotopic (exact) mass is 441 g/mol. The molecule has 7 heteroatoms. The number of piperidine rings is 1. The van der Waals surface area contributed by atoms with Crippen LogP contribution in [0.5, 0.6) is 0 Å². The number of nitrogens with one attached hydrogen (secondary N) is 1. The molecule has 1 N–H and O–H groups in total. The molecular weight excluding hydrogens is 410 g/mol. The van der Waals surface area contributed by atoms with E-state index in [0.29, 0.717) is 24.3 Å². The van der Waals surface area contributed by atoms with E-state index in [0.717, 1.165) is 37.4 Å². The number of hydrogen-bond donors (Lipinski definition) is 1. The molecule has 0 spiro atoms. The van der Waals surface area contributed by atoms with E-state index in [1.165, 1.54) is 28.9 Å². The van der Waals surface area contributed by atoms with Crippen molar-refractivity contribution in [1.29, 1.82) is 0 Å². The van der Waals surface area contributed by atoms with Crippen LogP contribution in [0.2, 0.25) is 0 Å². The lowest BCUT2D eigenvalue weighted by atomic mass is 9.99. The second-order valence-electron chi connectivity index (χ2n) is 8.76. The molecule has 0 atom stereocenters. The van der Waals surface area contributed by atoms with Crippen LogP contribution in [0.3, 0.4) is 0 Å². The zero-order chi connectivity index (χ0) is 22.0. The first-order valence-corrected chi connectivity index (χ1v) is 12.6. The van der Waals surface area contributed by atoms with Crippen LogP contribution in [-0.4, -0.2) is 44.8 Å². The number of amides is 1. The van der Waals surface area contributed by atoms with Gasteiger partial charge in [-0.2, -0.15) is 4.31 Å². The van der Waals surface area contributed by atoms with Crippen molar-refractivity contribution >= 4 is 27.3 Å². The quantitative estimate of drug-likeness (QED) is 0.752. The summed E-state index contributed by atoms with van der Waals surface area (Å²) in [5.41, 5.74) is 3.00. The van der Waals surface area contributed by atoms with Crippen molar-refractivity contribution < 1.29 is 13.2 Å². The van der Waals surface area contributed by atoms with Crippen molar-refractivity contribution in [1.82, 2.24) is 4.31 Å². The predicted octanol–water partition coefficient (Wildman–Crippen LogP) is 4.27. The molecule has 2 saturated heterocycles. The fraction of sp³-hybridized carbons (Fsp3) is 0.458. The van der Waals surface area contributed by atoms with Gasteiger partial charge in [-0.05, 0) is 80.5 Å². The second kappa shape index (κ2) is 9.01. The smallest absolute Gasteiger partial charge is 0.255 e. The van der Waals surface area contributed by atoms with Gasteiger partial charge in [-0.3, -0.25) is 4.79 Å². The maximum absolute atomic E-state index is 12.9. The highest BCUT2D eigenvalue weighted by Gasteiger charge is 2.28. The van der Waals surface area contributed by atoms with Crippen LogP contribution in [0.25, 0.3) is 0 Å². The molecule has 166 valence electrons. The number of rotatable bonds is 5. The Morgan fingerprint density at radius 3 is 2.26 bits per heavy atom. The average molecular weight is 442 g/mol. The summed E-state index contributed by atoms with van der Waals surface area (Å²) in [6, 6.07) is 12.7. The molecule has 0 unspecified atom stereocenters. The lowest BCUT2D eigenvalue weighted by Crippen LogP contribution is -2.32. The number of anilines is 2. The van der Waals surface area contributed by atoms with Gasteiger partial charge in [0.1, 0.15) is 0 Å². The van der Waals surface area contributed by atoms with Gasteiger partial charge >= 0.3 is 0 Å². The zero-order valence-corrected chi connectivity index (χ0v) is 19.1. The lowest BCUT2D eigenvalue weighted by Gasteiger charge is -2.32. The SMILES string of the molecule is Cc1ccc(S(=O)(=O)N2CCCC2)cc1C(=O)Nc1ccc(N2CCC(C)CC2)cc1. The molecule has 2 aliphatic heterocycles.